The molecule has 1 spiro atoms. The second-order valence-electron chi connectivity index (χ2n) is 8.73. The summed E-state index contributed by atoms with van der Waals surface area (Å²) < 4.78 is 0. The van der Waals surface area contributed by atoms with Gasteiger partial charge >= 0.3 is 5.97 Å². The van der Waals surface area contributed by atoms with Gasteiger partial charge in [-0.05, 0) is 55.1 Å². The molecule has 0 bridgehead atoms. The zero-order valence-electron chi connectivity index (χ0n) is 16.2. The Kier molecular flexibility index (Phi) is 4.97. The predicted octanol–water partition coefficient (Wildman–Crippen LogP) is 2.93. The van der Waals surface area contributed by atoms with Crippen LogP contribution in [0.1, 0.15) is 50.2 Å². The van der Waals surface area contributed by atoms with E-state index in [2.05, 4.69) is 36.1 Å². The molecule has 4 rings (SSSR count). The smallest absolute Gasteiger partial charge is 0.320 e. The monoisotopic (exact) mass is 370 g/mol. The summed E-state index contributed by atoms with van der Waals surface area (Å²) in [5, 5.41) is 9.77. The first-order valence-electron chi connectivity index (χ1n) is 10.3. The molecule has 5 heteroatoms. The highest BCUT2D eigenvalue weighted by Crippen LogP contribution is 2.45. The fourth-order valence-corrected chi connectivity index (χ4v) is 4.82. The molecule has 1 aliphatic carbocycles. The molecule has 5 nitrogen and oxygen atoms in total. The van der Waals surface area contributed by atoms with E-state index in [4.69, 9.17) is 0 Å². The van der Waals surface area contributed by atoms with Crippen molar-refractivity contribution in [2.24, 2.45) is 11.3 Å². The number of carboxylic acids is 1. The number of carbonyl (C=O) groups excluding carboxylic acids is 1. The number of likely N-dealkylation sites (tertiary alicyclic amines) is 2. The molecule has 1 atom stereocenters. The van der Waals surface area contributed by atoms with E-state index in [0.29, 0.717) is 18.9 Å². The average molecular weight is 370 g/mol. The van der Waals surface area contributed by atoms with Crippen molar-refractivity contribution in [2.75, 3.05) is 19.6 Å². The van der Waals surface area contributed by atoms with Crippen molar-refractivity contribution in [1.82, 2.24) is 9.80 Å². The summed E-state index contributed by atoms with van der Waals surface area (Å²) in [6.45, 7) is 5.24. The first kappa shape index (κ1) is 18.5. The number of aryl methyl sites for hydroxylation is 1. The van der Waals surface area contributed by atoms with Gasteiger partial charge < -0.3 is 10.0 Å². The molecule has 0 aromatic heterocycles. The SMILES string of the molecule is CCc1ccc(CN2CC3(CCN(C(=O)C4CC4)CC3)C[C@@H]2C(=O)O)cc1. The van der Waals surface area contributed by atoms with Gasteiger partial charge in [-0.25, -0.2) is 0 Å². The van der Waals surface area contributed by atoms with E-state index in [1.807, 2.05) is 4.90 Å². The van der Waals surface area contributed by atoms with Crippen LogP contribution < -0.4 is 0 Å². The Balaban J connectivity index is 1.42. The van der Waals surface area contributed by atoms with Gasteiger partial charge in [0.15, 0.2) is 0 Å². The Morgan fingerprint density at radius 1 is 1.11 bits per heavy atom. The fourth-order valence-electron chi connectivity index (χ4n) is 4.82. The minimum Gasteiger partial charge on any atom is -0.480 e. The molecule has 1 amide bonds. The van der Waals surface area contributed by atoms with Crippen LogP contribution in [0.3, 0.4) is 0 Å². The van der Waals surface area contributed by atoms with Gasteiger partial charge in [-0.3, -0.25) is 14.5 Å². The van der Waals surface area contributed by atoms with Gasteiger partial charge in [-0.15, -0.1) is 0 Å². The van der Waals surface area contributed by atoms with Crippen molar-refractivity contribution in [1.29, 1.82) is 0 Å². The Hall–Kier alpha value is -1.88. The number of piperidine rings is 1. The molecule has 2 aliphatic heterocycles. The van der Waals surface area contributed by atoms with E-state index in [9.17, 15) is 14.7 Å². The zero-order chi connectivity index (χ0) is 19.0. The molecule has 1 aromatic carbocycles. The third kappa shape index (κ3) is 3.88. The molecule has 2 heterocycles. The zero-order valence-corrected chi connectivity index (χ0v) is 16.2. The summed E-state index contributed by atoms with van der Waals surface area (Å²) in [6.07, 6.45) is 5.68. The second kappa shape index (κ2) is 7.27. The summed E-state index contributed by atoms with van der Waals surface area (Å²) >= 11 is 0. The number of carbonyl (C=O) groups is 2. The first-order valence-corrected chi connectivity index (χ1v) is 10.3. The normalized spacial score (nSPS) is 25.1. The lowest BCUT2D eigenvalue weighted by molar-refractivity contribution is -0.142. The van der Waals surface area contributed by atoms with Crippen LogP contribution in [0.15, 0.2) is 24.3 Å². The molecular weight excluding hydrogens is 340 g/mol. The van der Waals surface area contributed by atoms with Crippen LogP contribution in [-0.4, -0.2) is 52.5 Å². The largest absolute Gasteiger partial charge is 0.480 e. The lowest BCUT2D eigenvalue weighted by atomic mass is 9.76. The van der Waals surface area contributed by atoms with Gasteiger partial charge in [0.05, 0.1) is 0 Å². The Labute approximate surface area is 161 Å². The highest BCUT2D eigenvalue weighted by Gasteiger charge is 2.49. The van der Waals surface area contributed by atoms with Crippen LogP contribution in [0.2, 0.25) is 0 Å². The van der Waals surface area contributed by atoms with Gasteiger partial charge in [-0.1, -0.05) is 31.2 Å². The predicted molar refractivity (Wildman–Crippen MR) is 103 cm³/mol. The van der Waals surface area contributed by atoms with Crippen molar-refractivity contribution in [3.63, 3.8) is 0 Å². The number of rotatable bonds is 5. The van der Waals surface area contributed by atoms with Crippen LogP contribution in [-0.2, 0) is 22.6 Å². The molecule has 3 fully saturated rings. The van der Waals surface area contributed by atoms with Crippen LogP contribution in [0.25, 0.3) is 0 Å². The Morgan fingerprint density at radius 3 is 2.30 bits per heavy atom. The number of nitrogens with zero attached hydrogens (tertiary/aromatic N) is 2. The quantitative estimate of drug-likeness (QED) is 0.866. The molecule has 0 unspecified atom stereocenters. The molecule has 1 saturated carbocycles. The van der Waals surface area contributed by atoms with Crippen LogP contribution >= 0.6 is 0 Å². The number of amides is 1. The fraction of sp³-hybridized carbons (Fsp3) is 0.636. The summed E-state index contributed by atoms with van der Waals surface area (Å²) in [5.41, 5.74) is 2.53. The maximum atomic E-state index is 12.3. The van der Waals surface area contributed by atoms with E-state index in [1.165, 1.54) is 11.1 Å². The van der Waals surface area contributed by atoms with Crippen molar-refractivity contribution < 1.29 is 14.7 Å². The Bertz CT molecular complexity index is 703. The van der Waals surface area contributed by atoms with Crippen molar-refractivity contribution in [3.05, 3.63) is 35.4 Å². The van der Waals surface area contributed by atoms with Crippen LogP contribution in [0.4, 0.5) is 0 Å². The molecule has 27 heavy (non-hydrogen) atoms. The van der Waals surface area contributed by atoms with Crippen LogP contribution in [0.5, 0.6) is 0 Å². The molecule has 0 radical (unpaired) electrons. The number of aliphatic carboxylic acids is 1. The second-order valence-corrected chi connectivity index (χ2v) is 8.73. The summed E-state index contributed by atoms with van der Waals surface area (Å²) in [7, 11) is 0. The average Bonchev–Trinajstić information content (AvgIpc) is 3.46. The number of hydrogen-bond donors (Lipinski definition) is 1. The van der Waals surface area contributed by atoms with E-state index >= 15 is 0 Å². The van der Waals surface area contributed by atoms with E-state index < -0.39 is 12.0 Å². The maximum absolute atomic E-state index is 12.3. The minimum atomic E-state index is -0.714. The summed E-state index contributed by atoms with van der Waals surface area (Å²) in [4.78, 5) is 28.4. The maximum Gasteiger partial charge on any atom is 0.320 e. The van der Waals surface area contributed by atoms with Gasteiger partial charge in [0.1, 0.15) is 6.04 Å². The van der Waals surface area contributed by atoms with Crippen molar-refractivity contribution in [2.45, 2.75) is 58.0 Å². The molecule has 2 saturated heterocycles. The molecule has 1 aromatic rings. The summed E-state index contributed by atoms with van der Waals surface area (Å²) in [6, 6.07) is 8.11. The van der Waals surface area contributed by atoms with Gasteiger partial charge in [-0.2, -0.15) is 0 Å². The van der Waals surface area contributed by atoms with Crippen molar-refractivity contribution >= 4 is 11.9 Å². The van der Waals surface area contributed by atoms with Crippen LogP contribution in [0, 0.1) is 11.3 Å². The third-order valence-corrected chi connectivity index (χ3v) is 6.77. The summed E-state index contributed by atoms with van der Waals surface area (Å²) in [5.74, 6) is -0.115. The molecule has 1 N–H and O–H groups in total. The molecule has 3 aliphatic rings. The minimum absolute atomic E-state index is 0.0484. The highest BCUT2D eigenvalue weighted by atomic mass is 16.4. The standard InChI is InChI=1S/C22H30N2O3/c1-2-16-3-5-17(6-4-16)14-24-15-22(13-19(24)21(26)27)9-11-23(12-10-22)20(25)18-7-8-18/h3-6,18-19H,2,7-15H2,1H3,(H,26,27)/t19-/m1/s1. The molecular formula is C22H30N2O3. The first-order chi connectivity index (χ1) is 13.0. The lowest BCUT2D eigenvalue weighted by Gasteiger charge is -2.39. The third-order valence-electron chi connectivity index (χ3n) is 6.77. The van der Waals surface area contributed by atoms with Gasteiger partial charge in [0, 0.05) is 32.1 Å². The number of carboxylic acid groups (broad SMARTS) is 1. The highest BCUT2D eigenvalue weighted by molar-refractivity contribution is 5.81. The van der Waals surface area contributed by atoms with E-state index in [1.54, 1.807) is 0 Å². The lowest BCUT2D eigenvalue weighted by Crippen LogP contribution is -2.44. The number of benzene rings is 1. The van der Waals surface area contributed by atoms with Crippen molar-refractivity contribution in [3.8, 4) is 0 Å². The topological polar surface area (TPSA) is 60.9 Å². The molecule has 146 valence electrons. The van der Waals surface area contributed by atoms with E-state index in [-0.39, 0.29) is 11.3 Å². The Morgan fingerprint density at radius 2 is 1.74 bits per heavy atom. The van der Waals surface area contributed by atoms with Gasteiger partial charge in [0.25, 0.3) is 0 Å². The van der Waals surface area contributed by atoms with Gasteiger partial charge in [0.2, 0.25) is 5.91 Å². The van der Waals surface area contributed by atoms with E-state index in [0.717, 1.165) is 51.7 Å². The number of hydrogen-bond acceptors (Lipinski definition) is 3.